The lowest BCUT2D eigenvalue weighted by atomic mass is 10.1. The van der Waals surface area contributed by atoms with E-state index in [9.17, 15) is 21.6 Å². The van der Waals surface area contributed by atoms with Crippen LogP contribution in [0.4, 0.5) is 13.2 Å². The van der Waals surface area contributed by atoms with Gasteiger partial charge in [-0.15, -0.1) is 0 Å². The van der Waals surface area contributed by atoms with E-state index in [0.717, 1.165) is 12.8 Å². The van der Waals surface area contributed by atoms with Crippen molar-refractivity contribution in [2.24, 2.45) is 11.7 Å². The van der Waals surface area contributed by atoms with Crippen LogP contribution in [0.15, 0.2) is 17.0 Å². The highest BCUT2D eigenvalue weighted by Gasteiger charge is 2.33. The van der Waals surface area contributed by atoms with Crippen LogP contribution in [0.5, 0.6) is 0 Å². The standard InChI is InChI=1S/C12H15F3N2O2S/c13-8-4-9(14)12(10(15)5-8)20(18,19)17-11-3-1-2-7(11)6-16/h4-5,7,11,17H,1-3,6,16H2/t7-,11+/m1/s1. The van der Waals surface area contributed by atoms with Gasteiger partial charge in [-0.3, -0.25) is 0 Å². The molecular formula is C12H15F3N2O2S. The van der Waals surface area contributed by atoms with Gasteiger partial charge >= 0.3 is 0 Å². The first kappa shape index (κ1) is 15.3. The Labute approximate surface area is 115 Å². The highest BCUT2D eigenvalue weighted by atomic mass is 32.2. The van der Waals surface area contributed by atoms with E-state index in [1.165, 1.54) is 0 Å². The number of nitrogens with one attached hydrogen (secondary N) is 1. The summed E-state index contributed by atoms with van der Waals surface area (Å²) in [5, 5.41) is 0. The largest absolute Gasteiger partial charge is 0.330 e. The van der Waals surface area contributed by atoms with Gasteiger partial charge in [-0.25, -0.2) is 26.3 Å². The molecule has 1 aliphatic rings. The first-order chi connectivity index (χ1) is 9.35. The van der Waals surface area contributed by atoms with Gasteiger partial charge in [-0.05, 0) is 25.3 Å². The van der Waals surface area contributed by atoms with Crippen molar-refractivity contribution in [3.63, 3.8) is 0 Å². The van der Waals surface area contributed by atoms with Crippen molar-refractivity contribution in [2.45, 2.75) is 30.2 Å². The van der Waals surface area contributed by atoms with Crippen LogP contribution in [-0.4, -0.2) is 21.0 Å². The molecule has 0 bridgehead atoms. The molecule has 0 aliphatic heterocycles. The van der Waals surface area contributed by atoms with Gasteiger partial charge in [0.15, 0.2) is 4.90 Å². The number of sulfonamides is 1. The van der Waals surface area contributed by atoms with Crippen molar-refractivity contribution in [2.75, 3.05) is 6.54 Å². The van der Waals surface area contributed by atoms with E-state index >= 15 is 0 Å². The van der Waals surface area contributed by atoms with Crippen LogP contribution in [-0.2, 0) is 10.0 Å². The number of hydrogen-bond donors (Lipinski definition) is 2. The summed E-state index contributed by atoms with van der Waals surface area (Å²) in [7, 11) is -4.39. The zero-order valence-corrected chi connectivity index (χ0v) is 11.4. The third kappa shape index (κ3) is 2.97. The van der Waals surface area contributed by atoms with Gasteiger partial charge in [0, 0.05) is 18.2 Å². The quantitative estimate of drug-likeness (QED) is 0.885. The van der Waals surface area contributed by atoms with Gasteiger partial charge in [-0.1, -0.05) is 6.42 Å². The SMILES string of the molecule is NC[C@H]1CCC[C@@H]1NS(=O)(=O)c1c(F)cc(F)cc1F. The molecule has 0 spiro atoms. The maximum Gasteiger partial charge on any atom is 0.246 e. The van der Waals surface area contributed by atoms with E-state index in [2.05, 4.69) is 4.72 Å². The fourth-order valence-electron chi connectivity index (χ4n) is 2.52. The van der Waals surface area contributed by atoms with Crippen molar-refractivity contribution in [3.05, 3.63) is 29.6 Å². The molecule has 2 rings (SSSR count). The molecule has 4 nitrogen and oxygen atoms in total. The molecule has 1 aromatic carbocycles. The number of hydrogen-bond acceptors (Lipinski definition) is 3. The van der Waals surface area contributed by atoms with Gasteiger partial charge in [0.05, 0.1) is 0 Å². The Balaban J connectivity index is 2.32. The predicted molar refractivity (Wildman–Crippen MR) is 66.8 cm³/mol. The van der Waals surface area contributed by atoms with Crippen LogP contribution in [0.1, 0.15) is 19.3 Å². The molecule has 0 radical (unpaired) electrons. The molecule has 0 aromatic heterocycles. The van der Waals surface area contributed by atoms with Crippen LogP contribution in [0, 0.1) is 23.4 Å². The highest BCUT2D eigenvalue weighted by Crippen LogP contribution is 2.27. The molecule has 2 atom stereocenters. The van der Waals surface area contributed by atoms with Crippen LogP contribution >= 0.6 is 0 Å². The minimum Gasteiger partial charge on any atom is -0.330 e. The smallest absolute Gasteiger partial charge is 0.246 e. The first-order valence-corrected chi connectivity index (χ1v) is 7.70. The Morgan fingerprint density at radius 3 is 2.35 bits per heavy atom. The molecule has 0 unspecified atom stereocenters. The molecule has 3 N–H and O–H groups in total. The summed E-state index contributed by atoms with van der Waals surface area (Å²) in [5.74, 6) is -4.12. The van der Waals surface area contributed by atoms with E-state index in [-0.39, 0.29) is 5.92 Å². The second-order valence-corrected chi connectivity index (χ2v) is 6.50. The number of rotatable bonds is 4. The topological polar surface area (TPSA) is 72.2 Å². The second-order valence-electron chi connectivity index (χ2n) is 4.85. The molecule has 1 aromatic rings. The molecule has 0 saturated heterocycles. The average molecular weight is 308 g/mol. The lowest BCUT2D eigenvalue weighted by Gasteiger charge is -2.19. The van der Waals surface area contributed by atoms with Crippen molar-refractivity contribution >= 4 is 10.0 Å². The minimum absolute atomic E-state index is 0.0589. The molecule has 20 heavy (non-hydrogen) atoms. The summed E-state index contributed by atoms with van der Waals surface area (Å²) in [4.78, 5) is -1.15. The normalized spacial score (nSPS) is 23.2. The van der Waals surface area contributed by atoms with Crippen molar-refractivity contribution in [1.29, 1.82) is 0 Å². The maximum absolute atomic E-state index is 13.5. The van der Waals surface area contributed by atoms with Gasteiger partial charge in [0.1, 0.15) is 17.5 Å². The van der Waals surface area contributed by atoms with Crippen LogP contribution < -0.4 is 10.5 Å². The molecule has 1 fully saturated rings. The fourth-order valence-corrected chi connectivity index (χ4v) is 3.98. The third-order valence-electron chi connectivity index (χ3n) is 3.50. The van der Waals surface area contributed by atoms with Gasteiger partial charge in [0.25, 0.3) is 0 Å². The first-order valence-electron chi connectivity index (χ1n) is 6.22. The Hall–Kier alpha value is -1.12. The number of halogens is 3. The molecule has 0 heterocycles. The second kappa shape index (κ2) is 5.71. The van der Waals surface area contributed by atoms with Crippen LogP contribution in [0.25, 0.3) is 0 Å². The monoisotopic (exact) mass is 308 g/mol. The molecule has 1 saturated carbocycles. The Morgan fingerprint density at radius 2 is 1.80 bits per heavy atom. The summed E-state index contributed by atoms with van der Waals surface area (Å²) in [6, 6.07) is 0.230. The van der Waals surface area contributed by atoms with E-state index in [1.807, 2.05) is 0 Å². The van der Waals surface area contributed by atoms with Crippen molar-refractivity contribution in [3.8, 4) is 0 Å². The Morgan fingerprint density at radius 1 is 1.20 bits per heavy atom. The van der Waals surface area contributed by atoms with Crippen molar-refractivity contribution < 1.29 is 21.6 Å². The molecule has 0 amide bonds. The van der Waals surface area contributed by atoms with Gasteiger partial charge in [0.2, 0.25) is 10.0 Å². The lowest BCUT2D eigenvalue weighted by Crippen LogP contribution is -2.40. The lowest BCUT2D eigenvalue weighted by molar-refractivity contribution is 0.445. The average Bonchev–Trinajstić information content (AvgIpc) is 2.73. The summed E-state index contributed by atoms with van der Waals surface area (Å²) in [5.41, 5.74) is 5.53. The number of nitrogens with two attached hydrogens (primary N) is 1. The molecule has 112 valence electrons. The summed E-state index contributed by atoms with van der Waals surface area (Å²) >= 11 is 0. The zero-order chi connectivity index (χ0) is 14.9. The van der Waals surface area contributed by atoms with Crippen LogP contribution in [0.2, 0.25) is 0 Å². The van der Waals surface area contributed by atoms with E-state index < -0.39 is 38.4 Å². The summed E-state index contributed by atoms with van der Waals surface area (Å²) in [6.07, 6.45) is 2.12. The van der Waals surface area contributed by atoms with Gasteiger partial charge in [-0.2, -0.15) is 0 Å². The third-order valence-corrected chi connectivity index (χ3v) is 5.04. The van der Waals surface area contributed by atoms with E-state index in [0.29, 0.717) is 25.1 Å². The van der Waals surface area contributed by atoms with E-state index in [4.69, 9.17) is 5.73 Å². The maximum atomic E-state index is 13.5. The zero-order valence-electron chi connectivity index (χ0n) is 10.6. The van der Waals surface area contributed by atoms with Crippen LogP contribution in [0.3, 0.4) is 0 Å². The molecule has 8 heteroatoms. The van der Waals surface area contributed by atoms with Gasteiger partial charge < -0.3 is 5.73 Å². The number of benzene rings is 1. The van der Waals surface area contributed by atoms with E-state index in [1.54, 1.807) is 0 Å². The Bertz CT molecular complexity index is 584. The Kier molecular flexibility index (Phi) is 4.36. The minimum atomic E-state index is -4.39. The predicted octanol–water partition coefficient (Wildman–Crippen LogP) is 1.51. The molecular weight excluding hydrogens is 293 g/mol. The van der Waals surface area contributed by atoms with Crippen molar-refractivity contribution in [1.82, 2.24) is 4.72 Å². The summed E-state index contributed by atoms with van der Waals surface area (Å²) < 4.78 is 66.2. The summed E-state index contributed by atoms with van der Waals surface area (Å²) in [6.45, 7) is 0.293. The molecule has 1 aliphatic carbocycles. The highest BCUT2D eigenvalue weighted by molar-refractivity contribution is 7.89. The fraction of sp³-hybridized carbons (Fsp3) is 0.500.